The van der Waals surface area contributed by atoms with E-state index in [4.69, 9.17) is 5.73 Å². The first kappa shape index (κ1) is 25.7. The van der Waals surface area contributed by atoms with Crippen LogP contribution in [-0.4, -0.2) is 35.0 Å². The molecule has 1 aromatic rings. The fourth-order valence-corrected chi connectivity index (χ4v) is 3.31. The Kier molecular flexibility index (Phi) is 12.1. The summed E-state index contributed by atoms with van der Waals surface area (Å²) < 4.78 is 14.0. The van der Waals surface area contributed by atoms with E-state index in [9.17, 15) is 9.60 Å². The molecule has 1 saturated carbocycles. The zero-order valence-corrected chi connectivity index (χ0v) is 17.9. The Bertz CT molecular complexity index is 882. The van der Waals surface area contributed by atoms with Crippen LogP contribution in [0, 0.1) is 18.8 Å². The van der Waals surface area contributed by atoms with Gasteiger partial charge in [-0.15, -0.1) is 12.8 Å². The zero-order chi connectivity index (χ0) is 23.1. The van der Waals surface area contributed by atoms with Gasteiger partial charge in [-0.05, 0) is 62.9 Å². The first-order valence-corrected chi connectivity index (χ1v) is 9.93. The topological polar surface area (TPSA) is 96.2 Å². The summed E-state index contributed by atoms with van der Waals surface area (Å²) in [6.07, 6.45) is 19.6. The van der Waals surface area contributed by atoms with E-state index in [1.165, 1.54) is 0 Å². The van der Waals surface area contributed by atoms with Crippen LogP contribution in [0.25, 0.3) is 0 Å². The molecule has 0 bridgehead atoms. The Morgan fingerprint density at radius 2 is 2.10 bits per heavy atom. The zero-order valence-electron chi connectivity index (χ0n) is 17.9. The third-order valence-corrected chi connectivity index (χ3v) is 4.77. The first-order chi connectivity index (χ1) is 15.1. The molecule has 6 nitrogen and oxygen atoms in total. The molecule has 1 heterocycles. The van der Waals surface area contributed by atoms with Gasteiger partial charge in [-0.1, -0.05) is 23.4 Å². The molecular formula is C24H30FN5O. The number of nitrogens with zero attached hydrogens (tertiary/aromatic N) is 4. The van der Waals surface area contributed by atoms with Gasteiger partial charge in [0, 0.05) is 35.8 Å². The van der Waals surface area contributed by atoms with Crippen molar-refractivity contribution in [3.05, 3.63) is 65.4 Å². The molecule has 1 aliphatic carbocycles. The molecule has 1 atom stereocenters. The Hall–Kier alpha value is -3.37. The molecule has 0 radical (unpaired) electrons. The van der Waals surface area contributed by atoms with Crippen molar-refractivity contribution in [2.45, 2.75) is 39.0 Å². The van der Waals surface area contributed by atoms with Crippen LogP contribution in [0.1, 0.15) is 38.2 Å². The number of aliphatic imine (C=N–C) groups is 2. The summed E-state index contributed by atoms with van der Waals surface area (Å²) in [6, 6.07) is 3.76. The van der Waals surface area contributed by atoms with Gasteiger partial charge in [0.2, 0.25) is 0 Å². The molecular weight excluding hydrogens is 393 g/mol. The smallest absolute Gasteiger partial charge is 0.100 e. The summed E-state index contributed by atoms with van der Waals surface area (Å²) in [5.41, 5.74) is 9.27. The summed E-state index contributed by atoms with van der Waals surface area (Å²) in [7, 11) is 0. The number of hydrogen-bond donors (Lipinski definition) is 2. The highest BCUT2D eigenvalue weighted by molar-refractivity contribution is 6.26. The maximum absolute atomic E-state index is 14.0. The number of rotatable bonds is 8. The van der Waals surface area contributed by atoms with Gasteiger partial charge in [0.15, 0.2) is 0 Å². The lowest BCUT2D eigenvalue weighted by Gasteiger charge is -2.26. The molecule has 1 fully saturated rings. The predicted octanol–water partition coefficient (Wildman–Crippen LogP) is 4.64. The normalized spacial score (nSPS) is 21.1. The quantitative estimate of drug-likeness (QED) is 0.210. The third kappa shape index (κ3) is 8.49. The maximum atomic E-state index is 14.0. The summed E-state index contributed by atoms with van der Waals surface area (Å²) >= 11 is 0. The van der Waals surface area contributed by atoms with Gasteiger partial charge in [0.25, 0.3) is 0 Å². The lowest BCUT2D eigenvalue weighted by Crippen LogP contribution is -2.28. The molecule has 0 spiro atoms. The molecule has 164 valence electrons. The Morgan fingerprint density at radius 3 is 2.71 bits per heavy atom. The van der Waals surface area contributed by atoms with Crippen LogP contribution in [0.5, 0.6) is 0 Å². The van der Waals surface area contributed by atoms with E-state index in [-0.39, 0.29) is 24.8 Å². The monoisotopic (exact) mass is 423 g/mol. The van der Waals surface area contributed by atoms with Crippen molar-refractivity contribution in [3.63, 3.8) is 0 Å². The molecule has 1 aromatic heterocycles. The summed E-state index contributed by atoms with van der Waals surface area (Å²) in [5.74, 6) is 0.0286. The summed E-state index contributed by atoms with van der Waals surface area (Å²) in [4.78, 5) is 12.3. The molecule has 1 aliphatic rings. The third-order valence-electron chi connectivity index (χ3n) is 4.77. The summed E-state index contributed by atoms with van der Waals surface area (Å²) in [5, 5.41) is 12.9. The molecule has 2 rings (SSSR count). The highest BCUT2D eigenvalue weighted by atomic mass is 19.1. The van der Waals surface area contributed by atoms with Crippen molar-refractivity contribution < 1.29 is 9.60 Å². The average molecular weight is 424 g/mol. The van der Waals surface area contributed by atoms with Crippen molar-refractivity contribution in [1.29, 1.82) is 0 Å². The molecule has 0 amide bonds. The van der Waals surface area contributed by atoms with Gasteiger partial charge in [0.1, 0.15) is 5.83 Å². The molecule has 0 aliphatic heterocycles. The van der Waals surface area contributed by atoms with Gasteiger partial charge in [-0.2, -0.15) is 0 Å². The number of oxime groups is 1. The second-order valence-corrected chi connectivity index (χ2v) is 6.85. The Balaban J connectivity index is 0.00000233. The van der Waals surface area contributed by atoms with Gasteiger partial charge in [-0.3, -0.25) is 15.0 Å². The van der Waals surface area contributed by atoms with Gasteiger partial charge >= 0.3 is 0 Å². The van der Waals surface area contributed by atoms with E-state index in [2.05, 4.69) is 39.7 Å². The minimum Gasteiger partial charge on any atom is -0.411 e. The van der Waals surface area contributed by atoms with Crippen molar-refractivity contribution in [1.82, 2.24) is 4.98 Å². The van der Waals surface area contributed by atoms with Crippen molar-refractivity contribution in [2.24, 2.45) is 26.8 Å². The van der Waals surface area contributed by atoms with Gasteiger partial charge in [-0.25, -0.2) is 4.39 Å². The number of halogens is 1. The highest BCUT2D eigenvalue weighted by Crippen LogP contribution is 2.29. The van der Waals surface area contributed by atoms with Crippen LogP contribution in [0.4, 0.5) is 4.39 Å². The van der Waals surface area contributed by atoms with E-state index < -0.39 is 0 Å². The van der Waals surface area contributed by atoms with Crippen molar-refractivity contribution >= 4 is 18.1 Å². The Morgan fingerprint density at radius 1 is 1.35 bits per heavy atom. The maximum Gasteiger partial charge on any atom is 0.100 e. The van der Waals surface area contributed by atoms with E-state index >= 15 is 0 Å². The largest absolute Gasteiger partial charge is 0.411 e. The first-order valence-electron chi connectivity index (χ1n) is 9.93. The fourth-order valence-electron chi connectivity index (χ4n) is 3.31. The molecule has 31 heavy (non-hydrogen) atoms. The molecule has 0 saturated heterocycles. The van der Waals surface area contributed by atoms with Crippen LogP contribution in [0.3, 0.4) is 0 Å². The lowest BCUT2D eigenvalue weighted by molar-refractivity contribution is 0.316. The second-order valence-electron chi connectivity index (χ2n) is 6.85. The molecule has 7 heteroatoms. The molecule has 0 aromatic carbocycles. The van der Waals surface area contributed by atoms with Crippen LogP contribution in [0.15, 0.2) is 75.0 Å². The van der Waals surface area contributed by atoms with E-state index in [0.29, 0.717) is 30.7 Å². The number of pyridine rings is 1. The number of terminal acetylenes is 1. The van der Waals surface area contributed by atoms with Crippen molar-refractivity contribution in [2.75, 3.05) is 6.67 Å². The fraction of sp³-hybridized carbons (Fsp3) is 0.333. The second kappa shape index (κ2) is 14.6. The molecule has 1 unspecified atom stereocenters. The van der Waals surface area contributed by atoms with Crippen LogP contribution >= 0.6 is 0 Å². The summed E-state index contributed by atoms with van der Waals surface area (Å²) in [6.45, 7) is 5.50. The predicted molar refractivity (Wildman–Crippen MR) is 126 cm³/mol. The SMILES string of the molecule is C#C.C=N/C(C)=C1C(=N/CN)\CC(C/C=C\C/C(F)=C\Cc2cccnc2)CC\1=N/O. The lowest BCUT2D eigenvalue weighted by atomic mass is 9.80. The number of hydrogen-bond acceptors (Lipinski definition) is 6. The minimum absolute atomic E-state index is 0.150. The van der Waals surface area contributed by atoms with Crippen molar-refractivity contribution in [3.8, 4) is 12.8 Å². The van der Waals surface area contributed by atoms with Gasteiger partial charge < -0.3 is 10.9 Å². The van der Waals surface area contributed by atoms with E-state index in [1.54, 1.807) is 25.4 Å². The van der Waals surface area contributed by atoms with Gasteiger partial charge in [0.05, 0.1) is 12.4 Å². The van der Waals surface area contributed by atoms with Crippen LogP contribution in [0.2, 0.25) is 0 Å². The number of nitrogens with two attached hydrogens (primary N) is 1. The number of allylic oxidation sites excluding steroid dienone is 6. The van der Waals surface area contributed by atoms with Crippen LogP contribution < -0.4 is 5.73 Å². The standard InChI is InChI=1S/C22H28FN5O.C2H2/c1-16(25-2)22-20(27-15-24)12-18(13-21(22)28-29)6-3-4-8-19(23)10-9-17-7-5-11-26-14-17;1-2/h3-5,7,10-11,14,18,29H,2,6,8-9,12-13,15,24H2,1H3;1-2H/b4-3-,19-10+,22-16+,27-20-,28-21+;. The molecule has 3 N–H and O–H groups in total. The van der Waals surface area contributed by atoms with Crippen LogP contribution in [-0.2, 0) is 6.42 Å². The Labute approximate surface area is 183 Å². The minimum atomic E-state index is -0.172. The van der Waals surface area contributed by atoms with E-state index in [0.717, 1.165) is 23.3 Å². The average Bonchev–Trinajstić information content (AvgIpc) is 2.81. The van der Waals surface area contributed by atoms with E-state index in [1.807, 2.05) is 24.3 Å². The highest BCUT2D eigenvalue weighted by Gasteiger charge is 2.28. The number of aromatic nitrogens is 1.